The summed E-state index contributed by atoms with van der Waals surface area (Å²) in [6.45, 7) is 1.06. The number of ether oxygens (including phenoxy) is 2. The van der Waals surface area contributed by atoms with Gasteiger partial charge >= 0.3 is 5.69 Å². The monoisotopic (exact) mass is 213 g/mol. The van der Waals surface area contributed by atoms with E-state index in [1.165, 1.54) is 4.57 Å². The predicted octanol–water partition coefficient (Wildman–Crippen LogP) is 0.152. The highest BCUT2D eigenvalue weighted by molar-refractivity contribution is 4.81. The number of nitrogens with zero attached hydrogens (tertiary/aromatic N) is 2. The number of H-pyrrole nitrogens is 1. The average Bonchev–Trinajstić information content (AvgIpc) is 2.59. The van der Waals surface area contributed by atoms with Gasteiger partial charge in [0.05, 0.1) is 0 Å². The molecule has 2 rings (SSSR count). The molecule has 0 bridgehead atoms. The zero-order chi connectivity index (χ0) is 10.7. The number of aromatic amines is 1. The molecule has 1 saturated heterocycles. The van der Waals surface area contributed by atoms with Gasteiger partial charge in [0.25, 0.3) is 0 Å². The van der Waals surface area contributed by atoms with E-state index in [4.69, 9.17) is 9.47 Å². The molecule has 1 N–H and O–H groups in total. The summed E-state index contributed by atoms with van der Waals surface area (Å²) < 4.78 is 12.3. The summed E-state index contributed by atoms with van der Waals surface area (Å²) in [4.78, 5) is 11.0. The minimum absolute atomic E-state index is 0.148. The van der Waals surface area contributed by atoms with Crippen molar-refractivity contribution in [1.82, 2.24) is 14.8 Å². The van der Waals surface area contributed by atoms with Crippen LogP contribution in [-0.4, -0.2) is 27.7 Å². The van der Waals surface area contributed by atoms with E-state index >= 15 is 0 Å². The lowest BCUT2D eigenvalue weighted by atomic mass is 10.2. The number of nitrogens with one attached hydrogen (secondary N) is 1. The molecular formula is C9H15N3O3. The smallest absolute Gasteiger partial charge is 0.343 e. The van der Waals surface area contributed by atoms with Crippen LogP contribution in [0.2, 0.25) is 0 Å². The first-order chi connectivity index (χ1) is 7.27. The van der Waals surface area contributed by atoms with Crippen LogP contribution in [0.3, 0.4) is 0 Å². The Morgan fingerprint density at radius 3 is 3.13 bits per heavy atom. The van der Waals surface area contributed by atoms with Crippen molar-refractivity contribution in [1.29, 1.82) is 0 Å². The van der Waals surface area contributed by atoms with Gasteiger partial charge in [-0.3, -0.25) is 4.57 Å². The van der Waals surface area contributed by atoms with Gasteiger partial charge in [-0.15, -0.1) is 0 Å². The van der Waals surface area contributed by atoms with E-state index in [1.54, 1.807) is 7.05 Å². The van der Waals surface area contributed by atoms with Crippen LogP contribution in [-0.2, 0) is 23.1 Å². The van der Waals surface area contributed by atoms with Gasteiger partial charge in [-0.05, 0) is 19.3 Å². The van der Waals surface area contributed by atoms with Crippen molar-refractivity contribution in [3.05, 3.63) is 16.3 Å². The van der Waals surface area contributed by atoms with E-state index in [0.29, 0.717) is 12.4 Å². The van der Waals surface area contributed by atoms with Crippen molar-refractivity contribution in [2.45, 2.75) is 32.2 Å². The Kier molecular flexibility index (Phi) is 3.17. The van der Waals surface area contributed by atoms with Crippen molar-refractivity contribution in [3.63, 3.8) is 0 Å². The highest BCUT2D eigenvalue weighted by atomic mass is 16.7. The van der Waals surface area contributed by atoms with Crippen LogP contribution in [0, 0.1) is 0 Å². The standard InChI is InChI=1S/C9H15N3O3/c1-12-7(10-11-9(12)13)6-15-8-4-2-3-5-14-8/h8H,2-6H2,1H3,(H,11,13). The Labute approximate surface area is 87.2 Å². The molecule has 0 amide bonds. The largest absolute Gasteiger partial charge is 0.353 e. The molecule has 1 atom stereocenters. The molecule has 84 valence electrons. The number of rotatable bonds is 3. The molecule has 1 unspecified atom stereocenters. The first-order valence-electron chi connectivity index (χ1n) is 5.11. The minimum atomic E-state index is -0.224. The quantitative estimate of drug-likeness (QED) is 0.776. The molecule has 1 aromatic rings. The Bertz CT molecular complexity index is 365. The summed E-state index contributed by atoms with van der Waals surface area (Å²) in [5.74, 6) is 0.592. The van der Waals surface area contributed by atoms with Crippen LogP contribution in [0.4, 0.5) is 0 Å². The van der Waals surface area contributed by atoms with E-state index in [1.807, 2.05) is 0 Å². The maximum atomic E-state index is 11.0. The first-order valence-corrected chi connectivity index (χ1v) is 5.11. The Morgan fingerprint density at radius 2 is 2.53 bits per heavy atom. The number of aromatic nitrogens is 3. The van der Waals surface area contributed by atoms with Gasteiger partial charge in [-0.1, -0.05) is 0 Å². The molecule has 6 nitrogen and oxygen atoms in total. The second-order valence-corrected chi connectivity index (χ2v) is 3.61. The van der Waals surface area contributed by atoms with Gasteiger partial charge in [0.15, 0.2) is 12.1 Å². The van der Waals surface area contributed by atoms with Crippen LogP contribution in [0.25, 0.3) is 0 Å². The fraction of sp³-hybridized carbons (Fsp3) is 0.778. The van der Waals surface area contributed by atoms with Crippen molar-refractivity contribution in [2.75, 3.05) is 6.61 Å². The van der Waals surface area contributed by atoms with Crippen molar-refractivity contribution >= 4 is 0 Å². The van der Waals surface area contributed by atoms with Crippen LogP contribution in [0.15, 0.2) is 4.79 Å². The lowest BCUT2D eigenvalue weighted by Gasteiger charge is -2.22. The van der Waals surface area contributed by atoms with Crippen molar-refractivity contribution < 1.29 is 9.47 Å². The van der Waals surface area contributed by atoms with E-state index in [9.17, 15) is 4.79 Å². The second kappa shape index (κ2) is 4.59. The van der Waals surface area contributed by atoms with Gasteiger partial charge in [0.1, 0.15) is 6.61 Å². The topological polar surface area (TPSA) is 69.1 Å². The third-order valence-electron chi connectivity index (χ3n) is 2.51. The summed E-state index contributed by atoms with van der Waals surface area (Å²) in [6, 6.07) is 0. The Hall–Kier alpha value is -1.14. The fourth-order valence-corrected chi connectivity index (χ4v) is 1.52. The highest BCUT2D eigenvalue weighted by Crippen LogP contribution is 2.14. The molecule has 1 aromatic heterocycles. The van der Waals surface area contributed by atoms with Gasteiger partial charge in [0.2, 0.25) is 0 Å². The minimum Gasteiger partial charge on any atom is -0.353 e. The lowest BCUT2D eigenvalue weighted by Crippen LogP contribution is -2.23. The Balaban J connectivity index is 1.87. The van der Waals surface area contributed by atoms with Crippen LogP contribution < -0.4 is 5.69 Å². The third-order valence-corrected chi connectivity index (χ3v) is 2.51. The fourth-order valence-electron chi connectivity index (χ4n) is 1.52. The van der Waals surface area contributed by atoms with Crippen LogP contribution in [0.1, 0.15) is 25.1 Å². The van der Waals surface area contributed by atoms with Crippen LogP contribution in [0.5, 0.6) is 0 Å². The summed E-state index contributed by atoms with van der Waals surface area (Å²) >= 11 is 0. The molecule has 1 aliphatic heterocycles. The van der Waals surface area contributed by atoms with E-state index in [2.05, 4.69) is 10.2 Å². The van der Waals surface area contributed by atoms with Crippen molar-refractivity contribution in [2.24, 2.45) is 7.05 Å². The summed E-state index contributed by atoms with van der Waals surface area (Å²) in [5.41, 5.74) is -0.224. The van der Waals surface area contributed by atoms with E-state index in [0.717, 1.165) is 25.9 Å². The molecule has 0 saturated carbocycles. The molecule has 0 aromatic carbocycles. The number of hydrogen-bond donors (Lipinski definition) is 1. The van der Waals surface area contributed by atoms with E-state index in [-0.39, 0.29) is 12.0 Å². The third kappa shape index (κ3) is 2.45. The van der Waals surface area contributed by atoms with Gasteiger partial charge in [-0.25, -0.2) is 9.89 Å². The molecular weight excluding hydrogens is 198 g/mol. The maximum absolute atomic E-state index is 11.0. The SMILES string of the molecule is Cn1c(COC2CCCCO2)n[nH]c1=O. The van der Waals surface area contributed by atoms with Crippen LogP contribution >= 0.6 is 0 Å². The zero-order valence-corrected chi connectivity index (χ0v) is 8.73. The molecule has 1 fully saturated rings. The molecule has 2 heterocycles. The molecule has 1 aliphatic rings. The van der Waals surface area contributed by atoms with E-state index < -0.39 is 0 Å². The van der Waals surface area contributed by atoms with Gasteiger partial charge in [-0.2, -0.15) is 5.10 Å². The van der Waals surface area contributed by atoms with Gasteiger partial charge in [0, 0.05) is 13.7 Å². The Morgan fingerprint density at radius 1 is 1.67 bits per heavy atom. The molecule has 0 spiro atoms. The molecule has 0 radical (unpaired) electrons. The average molecular weight is 213 g/mol. The summed E-state index contributed by atoms with van der Waals surface area (Å²) in [6.07, 6.45) is 2.99. The van der Waals surface area contributed by atoms with Gasteiger partial charge < -0.3 is 9.47 Å². The second-order valence-electron chi connectivity index (χ2n) is 3.61. The summed E-state index contributed by atoms with van der Waals surface area (Å²) in [5, 5.41) is 6.21. The molecule has 6 heteroatoms. The zero-order valence-electron chi connectivity index (χ0n) is 8.73. The summed E-state index contributed by atoms with van der Waals surface area (Å²) in [7, 11) is 1.66. The lowest BCUT2D eigenvalue weighted by molar-refractivity contribution is -0.170. The number of hydrogen-bond acceptors (Lipinski definition) is 4. The molecule has 0 aliphatic carbocycles. The molecule has 15 heavy (non-hydrogen) atoms. The maximum Gasteiger partial charge on any atom is 0.343 e. The van der Waals surface area contributed by atoms with Crippen molar-refractivity contribution in [3.8, 4) is 0 Å². The normalized spacial score (nSPS) is 21.8. The highest BCUT2D eigenvalue weighted by Gasteiger charge is 2.15. The first kappa shape index (κ1) is 10.4. The predicted molar refractivity (Wildman–Crippen MR) is 52.2 cm³/mol.